The number of fused-ring (bicyclic) bond motifs is 1. The Morgan fingerprint density at radius 2 is 2.03 bits per heavy atom. The number of ether oxygens (including phenoxy) is 1. The number of nitrogens with one attached hydrogen (secondary N) is 1. The van der Waals surface area contributed by atoms with Crippen molar-refractivity contribution < 1.29 is 9.53 Å². The number of nitriles is 1. The molecule has 1 aromatic carbocycles. The number of imidazole rings is 1. The van der Waals surface area contributed by atoms with Gasteiger partial charge in [0.1, 0.15) is 5.60 Å². The van der Waals surface area contributed by atoms with Crippen LogP contribution in [0.25, 0.3) is 11.2 Å². The molecule has 10 nitrogen and oxygen atoms in total. The van der Waals surface area contributed by atoms with Gasteiger partial charge in [0.05, 0.1) is 24.7 Å². The molecule has 11 heteroatoms. The zero-order chi connectivity index (χ0) is 27.4. The topological polar surface area (TPSA) is 118 Å². The first-order chi connectivity index (χ1) is 18.1. The van der Waals surface area contributed by atoms with E-state index in [0.29, 0.717) is 30.2 Å². The number of anilines is 1. The average molecular weight is 536 g/mol. The Morgan fingerprint density at radius 1 is 1.26 bits per heavy atom. The standard InChI is InChI=1S/C27H30ClN7O3/c1-5-6-14-34-21-22(31-24(28)35(23(21)36)16-19-11-8-7-10-18(19)15-29)32-25(34)33-13-9-12-20(17-33)30-26(37)38-27(2,3)4/h7-8,10-11,20H,9,12-14,16-17H2,1-4H3,(H,30,37). The van der Waals surface area contributed by atoms with Gasteiger partial charge >= 0.3 is 6.09 Å². The van der Waals surface area contributed by atoms with Crippen molar-refractivity contribution in [3.63, 3.8) is 0 Å². The first kappa shape index (κ1) is 27.0. The van der Waals surface area contributed by atoms with Gasteiger partial charge in [0.25, 0.3) is 5.56 Å². The summed E-state index contributed by atoms with van der Waals surface area (Å²) in [6, 6.07) is 9.04. The van der Waals surface area contributed by atoms with Crippen molar-refractivity contribution in [1.82, 2.24) is 24.4 Å². The van der Waals surface area contributed by atoms with Crippen molar-refractivity contribution in [2.75, 3.05) is 18.0 Å². The lowest BCUT2D eigenvalue weighted by atomic mass is 10.1. The number of amides is 1. The molecule has 0 spiro atoms. The number of halogens is 1. The Hall–Kier alpha value is -4.02. The number of benzene rings is 1. The summed E-state index contributed by atoms with van der Waals surface area (Å²) < 4.78 is 8.50. The molecule has 3 aromatic rings. The third kappa shape index (κ3) is 5.92. The second-order valence-corrected chi connectivity index (χ2v) is 10.4. The van der Waals surface area contributed by atoms with Crippen molar-refractivity contribution in [2.24, 2.45) is 0 Å². The molecule has 1 fully saturated rings. The average Bonchev–Trinajstić information content (AvgIpc) is 3.22. The smallest absolute Gasteiger partial charge is 0.407 e. The third-order valence-electron chi connectivity index (χ3n) is 6.10. The molecule has 198 valence electrons. The molecule has 1 amide bonds. The molecule has 0 aliphatic carbocycles. The normalized spacial score (nSPS) is 15.5. The number of piperidine rings is 1. The van der Waals surface area contributed by atoms with Gasteiger partial charge in [0.15, 0.2) is 11.2 Å². The lowest BCUT2D eigenvalue weighted by Gasteiger charge is -2.34. The molecular formula is C27H30ClN7O3. The number of carbonyl (C=O) groups excluding carboxylic acids is 1. The molecule has 1 atom stereocenters. The SMILES string of the molecule is CC#CCn1c(N2CCCC(NC(=O)OC(C)(C)C)C2)nc2nc(Cl)n(Cc3ccccc3C#N)c(=O)c21. The summed E-state index contributed by atoms with van der Waals surface area (Å²) in [4.78, 5) is 37.2. The van der Waals surface area contributed by atoms with E-state index in [2.05, 4.69) is 33.2 Å². The van der Waals surface area contributed by atoms with E-state index in [1.807, 2.05) is 25.7 Å². The van der Waals surface area contributed by atoms with Crippen LogP contribution in [0.2, 0.25) is 5.28 Å². The van der Waals surface area contributed by atoms with Gasteiger partial charge in [0, 0.05) is 19.1 Å². The lowest BCUT2D eigenvalue weighted by Crippen LogP contribution is -2.49. The zero-order valence-corrected chi connectivity index (χ0v) is 22.7. The number of nitrogens with zero attached hydrogens (tertiary/aromatic N) is 6. The molecular weight excluding hydrogens is 506 g/mol. The fourth-order valence-corrected chi connectivity index (χ4v) is 4.67. The second kappa shape index (κ2) is 11.2. The van der Waals surface area contributed by atoms with Crippen molar-refractivity contribution in [3.05, 3.63) is 51.0 Å². The summed E-state index contributed by atoms with van der Waals surface area (Å²) in [6.45, 7) is 8.69. The Morgan fingerprint density at radius 3 is 2.74 bits per heavy atom. The van der Waals surface area contributed by atoms with Crippen molar-refractivity contribution in [2.45, 2.75) is 65.3 Å². The first-order valence-electron chi connectivity index (χ1n) is 12.4. The molecule has 1 unspecified atom stereocenters. The van der Waals surface area contributed by atoms with Crippen LogP contribution in [0.15, 0.2) is 29.1 Å². The van der Waals surface area contributed by atoms with E-state index < -0.39 is 11.7 Å². The molecule has 0 bridgehead atoms. The Bertz CT molecular complexity index is 1520. The Kier molecular flexibility index (Phi) is 7.94. The lowest BCUT2D eigenvalue weighted by molar-refractivity contribution is 0.0499. The number of hydrogen-bond acceptors (Lipinski definition) is 7. The molecule has 3 heterocycles. The van der Waals surface area contributed by atoms with Crippen molar-refractivity contribution in [1.29, 1.82) is 5.26 Å². The van der Waals surface area contributed by atoms with Crippen LogP contribution in [-0.2, 0) is 17.8 Å². The largest absolute Gasteiger partial charge is 0.444 e. The van der Waals surface area contributed by atoms with Gasteiger partial charge < -0.3 is 15.0 Å². The molecule has 1 saturated heterocycles. The highest BCUT2D eigenvalue weighted by molar-refractivity contribution is 6.28. The zero-order valence-electron chi connectivity index (χ0n) is 21.9. The van der Waals surface area contributed by atoms with Crippen LogP contribution < -0.4 is 15.8 Å². The highest BCUT2D eigenvalue weighted by Crippen LogP contribution is 2.24. The fourth-order valence-electron chi connectivity index (χ4n) is 4.45. The van der Waals surface area contributed by atoms with Crippen LogP contribution in [0.5, 0.6) is 0 Å². The summed E-state index contributed by atoms with van der Waals surface area (Å²) in [5.74, 6) is 6.44. The first-order valence-corrected chi connectivity index (χ1v) is 12.8. The predicted octanol–water partition coefficient (Wildman–Crippen LogP) is 3.68. The summed E-state index contributed by atoms with van der Waals surface area (Å²) >= 11 is 6.46. The Balaban J connectivity index is 1.72. The molecule has 1 aliphatic heterocycles. The fraction of sp³-hybridized carbons (Fsp3) is 0.444. The van der Waals surface area contributed by atoms with E-state index >= 15 is 0 Å². The van der Waals surface area contributed by atoms with E-state index in [4.69, 9.17) is 16.3 Å². The van der Waals surface area contributed by atoms with Gasteiger partial charge in [-0.1, -0.05) is 24.1 Å². The number of rotatable bonds is 5. The second-order valence-electron chi connectivity index (χ2n) is 10.1. The maximum Gasteiger partial charge on any atom is 0.407 e. The highest BCUT2D eigenvalue weighted by Gasteiger charge is 2.28. The third-order valence-corrected chi connectivity index (χ3v) is 6.39. The van der Waals surface area contributed by atoms with Gasteiger partial charge in [-0.15, -0.1) is 5.92 Å². The van der Waals surface area contributed by atoms with Gasteiger partial charge in [-0.25, -0.2) is 4.79 Å². The quantitative estimate of drug-likeness (QED) is 0.391. The van der Waals surface area contributed by atoms with Gasteiger partial charge in [-0.2, -0.15) is 15.2 Å². The van der Waals surface area contributed by atoms with Crippen LogP contribution in [-0.4, -0.2) is 49.9 Å². The molecule has 2 aromatic heterocycles. The maximum absolute atomic E-state index is 13.7. The van der Waals surface area contributed by atoms with Gasteiger partial charge in [-0.3, -0.25) is 13.9 Å². The number of carbonyl (C=O) groups is 1. The minimum atomic E-state index is -0.593. The summed E-state index contributed by atoms with van der Waals surface area (Å²) in [7, 11) is 0. The molecule has 0 radical (unpaired) electrons. The van der Waals surface area contributed by atoms with Crippen molar-refractivity contribution in [3.8, 4) is 17.9 Å². The van der Waals surface area contributed by atoms with E-state index in [0.717, 1.165) is 12.8 Å². The monoisotopic (exact) mass is 535 g/mol. The molecule has 1 N–H and O–H groups in total. The number of alkyl carbamates (subject to hydrolysis) is 1. The molecule has 1 aliphatic rings. The van der Waals surface area contributed by atoms with Crippen LogP contribution >= 0.6 is 11.6 Å². The van der Waals surface area contributed by atoms with Gasteiger partial charge in [0.2, 0.25) is 11.2 Å². The minimum absolute atomic E-state index is 0.0175. The molecule has 0 saturated carbocycles. The highest BCUT2D eigenvalue weighted by atomic mass is 35.5. The van der Waals surface area contributed by atoms with E-state index in [1.54, 1.807) is 35.8 Å². The predicted molar refractivity (Wildman–Crippen MR) is 145 cm³/mol. The van der Waals surface area contributed by atoms with E-state index in [9.17, 15) is 14.9 Å². The van der Waals surface area contributed by atoms with E-state index in [-0.39, 0.29) is 41.1 Å². The number of hydrogen-bond donors (Lipinski definition) is 1. The number of aromatic nitrogens is 4. The van der Waals surface area contributed by atoms with Crippen LogP contribution in [0, 0.1) is 23.2 Å². The maximum atomic E-state index is 13.7. The van der Waals surface area contributed by atoms with Crippen LogP contribution in [0.1, 0.15) is 51.7 Å². The van der Waals surface area contributed by atoms with Crippen LogP contribution in [0.3, 0.4) is 0 Å². The van der Waals surface area contributed by atoms with E-state index in [1.165, 1.54) is 4.57 Å². The summed E-state index contributed by atoms with van der Waals surface area (Å²) in [5, 5.41) is 12.4. The Labute approximate surface area is 226 Å². The van der Waals surface area contributed by atoms with Crippen LogP contribution in [0.4, 0.5) is 10.7 Å². The molecule has 4 rings (SSSR count). The minimum Gasteiger partial charge on any atom is -0.444 e. The summed E-state index contributed by atoms with van der Waals surface area (Å²) in [6.07, 6.45) is 1.13. The van der Waals surface area contributed by atoms with Crippen molar-refractivity contribution >= 4 is 34.8 Å². The summed E-state index contributed by atoms with van der Waals surface area (Å²) in [5.41, 5.74) is 0.656. The molecule has 38 heavy (non-hydrogen) atoms. The van der Waals surface area contributed by atoms with Gasteiger partial charge in [-0.05, 0) is 63.8 Å².